The molecule has 1 atom stereocenters. The van der Waals surface area contributed by atoms with Crippen LogP contribution >= 0.6 is 0 Å². The number of nitriles is 1. The third-order valence-corrected chi connectivity index (χ3v) is 6.73. The maximum atomic E-state index is 12.3. The van der Waals surface area contributed by atoms with Crippen LogP contribution in [0.25, 0.3) is 16.8 Å². The molecule has 0 aliphatic carbocycles. The number of alkyl carbamates (subject to hydrolysis) is 1. The average molecular weight is 503 g/mol. The van der Waals surface area contributed by atoms with Crippen LogP contribution in [-0.4, -0.2) is 45.9 Å². The Hall–Kier alpha value is -3.60. The van der Waals surface area contributed by atoms with Crippen molar-refractivity contribution in [3.05, 3.63) is 47.3 Å². The summed E-state index contributed by atoms with van der Waals surface area (Å²) in [6.07, 6.45) is 1.23. The number of nitrogens with zero attached hydrogens (tertiary/aromatic N) is 5. The van der Waals surface area contributed by atoms with E-state index in [1.165, 1.54) is 0 Å². The van der Waals surface area contributed by atoms with Gasteiger partial charge in [-0.3, -0.25) is 0 Å². The summed E-state index contributed by atoms with van der Waals surface area (Å²) in [5.74, 6) is 2.09. The Morgan fingerprint density at radius 1 is 1.27 bits per heavy atom. The summed E-state index contributed by atoms with van der Waals surface area (Å²) in [7, 11) is 0. The maximum absolute atomic E-state index is 12.3. The minimum absolute atomic E-state index is 0.152. The second kappa shape index (κ2) is 10.0. The first-order chi connectivity index (χ1) is 17.4. The Kier molecular flexibility index (Phi) is 7.18. The summed E-state index contributed by atoms with van der Waals surface area (Å²) in [4.78, 5) is 19.5. The molecular formula is C29H38N6O2. The van der Waals surface area contributed by atoms with Crippen molar-refractivity contribution >= 4 is 17.6 Å². The zero-order chi connectivity index (χ0) is 27.0. The fourth-order valence-electron chi connectivity index (χ4n) is 5.01. The van der Waals surface area contributed by atoms with Crippen LogP contribution in [0.5, 0.6) is 0 Å². The van der Waals surface area contributed by atoms with E-state index in [0.717, 1.165) is 54.3 Å². The number of hydrogen-bond donors (Lipinski definition) is 1. The summed E-state index contributed by atoms with van der Waals surface area (Å²) in [5.41, 5.74) is 3.40. The van der Waals surface area contributed by atoms with E-state index in [2.05, 4.69) is 49.2 Å². The second-order valence-corrected chi connectivity index (χ2v) is 11.9. The van der Waals surface area contributed by atoms with Gasteiger partial charge in [0.2, 0.25) is 0 Å². The van der Waals surface area contributed by atoms with Gasteiger partial charge in [-0.2, -0.15) is 9.78 Å². The van der Waals surface area contributed by atoms with E-state index in [0.29, 0.717) is 23.7 Å². The number of ether oxygens (including phenoxy) is 1. The maximum Gasteiger partial charge on any atom is 0.407 e. The Balaban J connectivity index is 1.77. The van der Waals surface area contributed by atoms with Crippen molar-refractivity contribution in [1.82, 2.24) is 19.9 Å². The van der Waals surface area contributed by atoms with E-state index in [4.69, 9.17) is 14.8 Å². The molecule has 8 nitrogen and oxygen atoms in total. The third-order valence-electron chi connectivity index (χ3n) is 6.73. The fourth-order valence-corrected chi connectivity index (χ4v) is 5.01. The molecule has 0 saturated carbocycles. The molecule has 1 N–H and O–H groups in total. The van der Waals surface area contributed by atoms with Crippen LogP contribution in [0.3, 0.4) is 0 Å². The minimum Gasteiger partial charge on any atom is -0.444 e. The molecule has 0 unspecified atom stereocenters. The third kappa shape index (κ3) is 5.71. The molecule has 1 aliphatic rings. The molecule has 196 valence electrons. The van der Waals surface area contributed by atoms with Crippen LogP contribution in [0.4, 0.5) is 10.6 Å². The summed E-state index contributed by atoms with van der Waals surface area (Å²) in [6.45, 7) is 16.1. The van der Waals surface area contributed by atoms with Crippen LogP contribution < -0.4 is 10.2 Å². The first-order valence-corrected chi connectivity index (χ1v) is 13.0. The van der Waals surface area contributed by atoms with Crippen molar-refractivity contribution in [2.24, 2.45) is 11.3 Å². The van der Waals surface area contributed by atoms with Crippen LogP contribution in [0.15, 0.2) is 30.3 Å². The van der Waals surface area contributed by atoms with E-state index in [1.54, 1.807) is 0 Å². The van der Waals surface area contributed by atoms with Crippen molar-refractivity contribution in [3.63, 3.8) is 0 Å². The Labute approximate surface area is 219 Å². The fraction of sp³-hybridized carbons (Fsp3) is 0.517. The number of benzene rings is 1. The van der Waals surface area contributed by atoms with Crippen LogP contribution in [0, 0.1) is 29.6 Å². The van der Waals surface area contributed by atoms with Crippen LogP contribution in [0.2, 0.25) is 0 Å². The molecule has 1 fully saturated rings. The van der Waals surface area contributed by atoms with Gasteiger partial charge in [0.25, 0.3) is 0 Å². The number of rotatable bonds is 6. The predicted octanol–water partition coefficient (Wildman–Crippen LogP) is 5.52. The van der Waals surface area contributed by atoms with Gasteiger partial charge in [-0.1, -0.05) is 51.1 Å². The number of fused-ring (bicyclic) bond motifs is 1. The molecule has 8 heteroatoms. The van der Waals surface area contributed by atoms with Gasteiger partial charge in [0, 0.05) is 37.0 Å². The molecule has 3 aromatic rings. The Morgan fingerprint density at radius 3 is 2.59 bits per heavy atom. The van der Waals surface area contributed by atoms with E-state index in [1.807, 2.05) is 50.4 Å². The summed E-state index contributed by atoms with van der Waals surface area (Å²) < 4.78 is 7.32. The highest BCUT2D eigenvalue weighted by atomic mass is 16.6. The summed E-state index contributed by atoms with van der Waals surface area (Å²) >= 11 is 0. The monoisotopic (exact) mass is 502 g/mol. The minimum atomic E-state index is -0.538. The van der Waals surface area contributed by atoms with Gasteiger partial charge in [0.1, 0.15) is 23.1 Å². The van der Waals surface area contributed by atoms with E-state index in [9.17, 15) is 10.1 Å². The lowest BCUT2D eigenvalue weighted by Crippen LogP contribution is -2.40. The molecule has 1 aliphatic heterocycles. The average Bonchev–Trinajstić information content (AvgIpc) is 3.40. The van der Waals surface area contributed by atoms with Crippen molar-refractivity contribution in [1.29, 1.82) is 5.26 Å². The molecule has 0 spiro atoms. The number of anilines is 1. The topological polar surface area (TPSA) is 95.6 Å². The first-order valence-electron chi connectivity index (χ1n) is 13.0. The number of carbonyl (C=O) groups excluding carboxylic acids is 1. The Morgan fingerprint density at radius 2 is 1.97 bits per heavy atom. The van der Waals surface area contributed by atoms with Crippen molar-refractivity contribution in [2.75, 3.05) is 24.5 Å². The zero-order valence-electron chi connectivity index (χ0n) is 23.1. The lowest BCUT2D eigenvalue weighted by Gasteiger charge is -2.28. The second-order valence-electron chi connectivity index (χ2n) is 11.9. The van der Waals surface area contributed by atoms with E-state index < -0.39 is 11.7 Å². The summed E-state index contributed by atoms with van der Waals surface area (Å²) in [6, 6.07) is 12.6. The highest BCUT2D eigenvalue weighted by Crippen LogP contribution is 2.41. The molecule has 1 saturated heterocycles. The number of nitrogens with one attached hydrogen (secondary N) is 1. The van der Waals surface area contributed by atoms with E-state index in [-0.39, 0.29) is 5.41 Å². The Bertz CT molecular complexity index is 1330. The molecule has 3 heterocycles. The molecule has 37 heavy (non-hydrogen) atoms. The smallest absolute Gasteiger partial charge is 0.407 e. The van der Waals surface area contributed by atoms with Gasteiger partial charge in [0.05, 0.1) is 0 Å². The first kappa shape index (κ1) is 26.5. The van der Waals surface area contributed by atoms with Gasteiger partial charge < -0.3 is 15.0 Å². The number of hydrogen-bond acceptors (Lipinski definition) is 6. The van der Waals surface area contributed by atoms with Gasteiger partial charge in [-0.05, 0) is 51.2 Å². The van der Waals surface area contributed by atoms with Crippen LogP contribution in [-0.2, 0) is 11.2 Å². The quantitative estimate of drug-likeness (QED) is 0.477. The standard InChI is InChI=1S/C29H38N6O2/c1-19(2)15-23-32-25-22(16-30)20(3)24(21-11-9-8-10-12-21)26(35(25)33-23)34-14-13-29(7,18-34)17-31-27(36)37-28(4,5)6/h8-12,19H,13-15,17-18H2,1-7H3,(H,31,36)/t29-/m0/s1. The lowest BCUT2D eigenvalue weighted by molar-refractivity contribution is 0.0507. The number of carbonyl (C=O) groups is 1. The normalized spacial score (nSPS) is 17.9. The van der Waals surface area contributed by atoms with Crippen molar-refractivity contribution in [2.45, 2.75) is 66.9 Å². The molecule has 0 bridgehead atoms. The number of pyridine rings is 1. The predicted molar refractivity (Wildman–Crippen MR) is 146 cm³/mol. The highest BCUT2D eigenvalue weighted by molar-refractivity contribution is 5.85. The van der Waals surface area contributed by atoms with Gasteiger partial charge in [0.15, 0.2) is 11.5 Å². The lowest BCUT2D eigenvalue weighted by atomic mass is 9.90. The highest BCUT2D eigenvalue weighted by Gasteiger charge is 2.37. The largest absolute Gasteiger partial charge is 0.444 e. The number of amides is 1. The van der Waals surface area contributed by atoms with Crippen LogP contribution in [0.1, 0.15) is 64.9 Å². The van der Waals surface area contributed by atoms with Crippen molar-refractivity contribution in [3.8, 4) is 17.2 Å². The molecule has 2 aromatic heterocycles. The van der Waals surface area contributed by atoms with Gasteiger partial charge in [-0.15, -0.1) is 5.10 Å². The molecule has 4 rings (SSSR count). The van der Waals surface area contributed by atoms with Crippen molar-refractivity contribution < 1.29 is 9.53 Å². The molecular weight excluding hydrogens is 464 g/mol. The van der Waals surface area contributed by atoms with Gasteiger partial charge in [-0.25, -0.2) is 9.78 Å². The van der Waals surface area contributed by atoms with E-state index >= 15 is 0 Å². The molecule has 0 radical (unpaired) electrons. The number of aromatic nitrogens is 3. The molecule has 1 aromatic carbocycles. The molecule has 1 amide bonds. The zero-order valence-corrected chi connectivity index (χ0v) is 23.1. The van der Waals surface area contributed by atoms with Gasteiger partial charge >= 0.3 is 6.09 Å². The SMILES string of the molecule is Cc1c(-c2ccccc2)c(N2CC[C@@](C)(CNC(=O)OC(C)(C)C)C2)n2nc(CC(C)C)nc2c1C#N. The summed E-state index contributed by atoms with van der Waals surface area (Å²) in [5, 5.41) is 18.0.